The number of nitrogens with zero attached hydrogens (tertiary/aromatic N) is 2. The molecule has 0 atom stereocenters. The number of hydrogen-bond donors (Lipinski definition) is 0. The van der Waals surface area contributed by atoms with Crippen molar-refractivity contribution in [3.63, 3.8) is 0 Å². The highest BCUT2D eigenvalue weighted by Gasteiger charge is 2.33. The molecule has 1 fully saturated rings. The van der Waals surface area contributed by atoms with Gasteiger partial charge in [0.25, 0.3) is 5.91 Å². The zero-order chi connectivity index (χ0) is 26.7. The number of carbonyl (C=O) groups is 1. The first-order valence-electron chi connectivity index (χ1n) is 11.2. The van der Waals surface area contributed by atoms with Crippen LogP contribution in [0.15, 0.2) is 73.4 Å². The molecule has 10 heteroatoms. The second-order valence-corrected chi connectivity index (χ2v) is 12.6. The Balaban J connectivity index is 1.58. The lowest BCUT2D eigenvalue weighted by molar-refractivity contribution is -0.122. The van der Waals surface area contributed by atoms with E-state index in [9.17, 15) is 4.79 Å². The van der Waals surface area contributed by atoms with Crippen molar-refractivity contribution in [1.82, 2.24) is 4.90 Å². The van der Waals surface area contributed by atoms with Crippen molar-refractivity contribution in [3.05, 3.63) is 94.6 Å². The number of aliphatic imine (C=N–C) groups is 1. The fourth-order valence-corrected chi connectivity index (χ4v) is 6.53. The first-order valence-corrected chi connectivity index (χ1v) is 14.8. The summed E-state index contributed by atoms with van der Waals surface area (Å²) >= 11 is 26.8. The molecule has 3 aromatic carbocycles. The number of halogens is 5. The summed E-state index contributed by atoms with van der Waals surface area (Å²) in [5.41, 5.74) is 2.40. The van der Waals surface area contributed by atoms with Crippen molar-refractivity contribution in [2.75, 3.05) is 6.54 Å². The zero-order valence-electron chi connectivity index (χ0n) is 19.8. The van der Waals surface area contributed by atoms with Crippen LogP contribution in [-0.2, 0) is 11.4 Å². The fraction of sp³-hybridized carbons (Fsp3) is 0.185. The Kier molecular flexibility index (Phi) is 9.70. The van der Waals surface area contributed by atoms with Crippen molar-refractivity contribution >= 4 is 101 Å². The van der Waals surface area contributed by atoms with Gasteiger partial charge in [-0.2, -0.15) is 0 Å². The molecule has 1 aliphatic heterocycles. The standard InChI is InChI=1S/C27H21Br2Cl3N2O2S/c1-15(2)13-34-26(35)24(37-27(34)33-20-7-5-18(30)6-8-20)11-16-9-21(28)25(22(29)10-16)36-14-17-3-4-19(31)12-23(17)32/h3-12,15H,13-14H2,1-2H3/b24-11-,33-27?. The molecule has 0 saturated carbocycles. The summed E-state index contributed by atoms with van der Waals surface area (Å²) in [5.74, 6) is 0.842. The number of amidine groups is 1. The van der Waals surface area contributed by atoms with Crippen LogP contribution in [0.25, 0.3) is 6.08 Å². The molecule has 4 rings (SSSR count). The lowest BCUT2D eigenvalue weighted by Gasteiger charge is -2.17. The maximum Gasteiger partial charge on any atom is 0.266 e. The van der Waals surface area contributed by atoms with Crippen molar-refractivity contribution in [2.45, 2.75) is 20.5 Å². The van der Waals surface area contributed by atoms with Crippen LogP contribution in [0.4, 0.5) is 5.69 Å². The second-order valence-electron chi connectivity index (χ2n) is 8.63. The summed E-state index contributed by atoms with van der Waals surface area (Å²) in [6, 6.07) is 16.3. The minimum Gasteiger partial charge on any atom is -0.486 e. The molecule has 3 aromatic rings. The van der Waals surface area contributed by atoms with E-state index in [2.05, 4.69) is 45.7 Å². The Labute approximate surface area is 252 Å². The molecule has 0 N–H and O–H groups in total. The minimum atomic E-state index is -0.0728. The molecular weight excluding hydrogens is 683 g/mol. The largest absolute Gasteiger partial charge is 0.486 e. The summed E-state index contributed by atoms with van der Waals surface area (Å²) in [6.45, 7) is 4.99. The predicted octanol–water partition coefficient (Wildman–Crippen LogP) is 10.0. The average Bonchev–Trinajstić information content (AvgIpc) is 3.09. The summed E-state index contributed by atoms with van der Waals surface area (Å²) in [4.78, 5) is 20.4. The zero-order valence-corrected chi connectivity index (χ0v) is 26.0. The van der Waals surface area contributed by atoms with E-state index in [1.165, 1.54) is 11.8 Å². The van der Waals surface area contributed by atoms with Gasteiger partial charge in [0.2, 0.25) is 0 Å². The molecule has 0 unspecified atom stereocenters. The van der Waals surface area contributed by atoms with Gasteiger partial charge in [0.15, 0.2) is 5.17 Å². The van der Waals surface area contributed by atoms with Gasteiger partial charge in [-0.15, -0.1) is 0 Å². The van der Waals surface area contributed by atoms with Gasteiger partial charge in [0.1, 0.15) is 12.4 Å². The third kappa shape index (κ3) is 7.34. The molecule has 0 spiro atoms. The van der Waals surface area contributed by atoms with Crippen LogP contribution in [0.5, 0.6) is 5.75 Å². The second kappa shape index (κ2) is 12.6. The lowest BCUT2D eigenvalue weighted by Crippen LogP contribution is -2.32. The molecule has 1 amide bonds. The van der Waals surface area contributed by atoms with Crippen molar-refractivity contribution in [1.29, 1.82) is 0 Å². The molecule has 1 heterocycles. The van der Waals surface area contributed by atoms with Gasteiger partial charge in [-0.3, -0.25) is 9.69 Å². The van der Waals surface area contributed by atoms with Crippen molar-refractivity contribution in [3.8, 4) is 5.75 Å². The minimum absolute atomic E-state index is 0.0728. The van der Waals surface area contributed by atoms with E-state index in [-0.39, 0.29) is 18.4 Å². The molecule has 0 bridgehead atoms. The monoisotopic (exact) mass is 700 g/mol. The van der Waals surface area contributed by atoms with Gasteiger partial charge in [0.05, 0.1) is 19.5 Å². The van der Waals surface area contributed by atoms with Crippen LogP contribution in [-0.4, -0.2) is 22.5 Å². The number of amides is 1. The maximum atomic E-state index is 13.3. The lowest BCUT2D eigenvalue weighted by atomic mass is 10.2. The average molecular weight is 704 g/mol. The third-order valence-corrected chi connectivity index (χ3v) is 8.22. The van der Waals surface area contributed by atoms with Crippen molar-refractivity contribution < 1.29 is 9.53 Å². The number of rotatable bonds is 7. The third-order valence-electron chi connectivity index (χ3n) is 5.19. The highest BCUT2D eigenvalue weighted by Crippen LogP contribution is 2.39. The van der Waals surface area contributed by atoms with Crippen molar-refractivity contribution in [2.24, 2.45) is 10.9 Å². The van der Waals surface area contributed by atoms with E-state index in [1.807, 2.05) is 36.4 Å². The number of hydrogen-bond acceptors (Lipinski definition) is 4. The summed E-state index contributed by atoms with van der Waals surface area (Å²) in [7, 11) is 0. The number of benzene rings is 3. The Morgan fingerprint density at radius 2 is 1.65 bits per heavy atom. The molecule has 1 aliphatic rings. The van der Waals surface area contributed by atoms with Crippen LogP contribution in [0.2, 0.25) is 15.1 Å². The van der Waals surface area contributed by atoms with E-state index >= 15 is 0 Å². The normalized spacial score (nSPS) is 15.9. The highest BCUT2D eigenvalue weighted by molar-refractivity contribution is 9.11. The van der Waals surface area contributed by atoms with Gasteiger partial charge in [-0.05, 0) is 110 Å². The van der Waals surface area contributed by atoms with Gasteiger partial charge < -0.3 is 4.74 Å². The molecule has 0 aromatic heterocycles. The van der Waals surface area contributed by atoms with E-state index < -0.39 is 0 Å². The molecule has 192 valence electrons. The molecule has 4 nitrogen and oxygen atoms in total. The summed E-state index contributed by atoms with van der Waals surface area (Å²) in [5, 5.41) is 2.39. The van der Waals surface area contributed by atoms with Crippen LogP contribution >= 0.6 is 78.4 Å². The molecule has 0 radical (unpaired) electrons. The number of ether oxygens (including phenoxy) is 1. The van der Waals surface area contributed by atoms with Crippen LogP contribution < -0.4 is 4.74 Å². The van der Waals surface area contributed by atoms with Crippen LogP contribution in [0.1, 0.15) is 25.0 Å². The van der Waals surface area contributed by atoms with Gasteiger partial charge in [-0.1, -0.05) is 54.7 Å². The SMILES string of the molecule is CC(C)CN1C(=O)/C(=C/c2cc(Br)c(OCc3ccc(Cl)cc3Cl)c(Br)c2)SC1=Nc1ccc(Cl)cc1. The first-order chi connectivity index (χ1) is 17.6. The van der Waals surface area contributed by atoms with E-state index in [0.29, 0.717) is 37.4 Å². The molecule has 1 saturated heterocycles. The molecule has 0 aliphatic carbocycles. The summed E-state index contributed by atoms with van der Waals surface area (Å²) in [6.07, 6.45) is 1.86. The fourth-order valence-electron chi connectivity index (χ4n) is 3.48. The number of carbonyl (C=O) groups excluding carboxylic acids is 1. The topological polar surface area (TPSA) is 41.9 Å². The Morgan fingerprint density at radius 1 is 1.00 bits per heavy atom. The highest BCUT2D eigenvalue weighted by atomic mass is 79.9. The maximum absolute atomic E-state index is 13.3. The Hall–Kier alpha value is -1.48. The van der Waals surface area contributed by atoms with E-state index in [0.717, 1.165) is 25.8 Å². The van der Waals surface area contributed by atoms with E-state index in [1.54, 1.807) is 29.2 Å². The van der Waals surface area contributed by atoms with Gasteiger partial charge in [-0.25, -0.2) is 4.99 Å². The van der Waals surface area contributed by atoms with Gasteiger partial charge >= 0.3 is 0 Å². The Morgan fingerprint density at radius 3 is 2.27 bits per heavy atom. The predicted molar refractivity (Wildman–Crippen MR) is 163 cm³/mol. The smallest absolute Gasteiger partial charge is 0.266 e. The van der Waals surface area contributed by atoms with Crippen LogP contribution in [0, 0.1) is 5.92 Å². The van der Waals surface area contributed by atoms with Crippen LogP contribution in [0.3, 0.4) is 0 Å². The quantitative estimate of drug-likeness (QED) is 0.230. The Bertz CT molecular complexity index is 1370. The summed E-state index contributed by atoms with van der Waals surface area (Å²) < 4.78 is 7.50. The van der Waals surface area contributed by atoms with E-state index in [4.69, 9.17) is 44.5 Å². The molecule has 37 heavy (non-hydrogen) atoms. The van der Waals surface area contributed by atoms with Gasteiger partial charge in [0, 0.05) is 27.2 Å². The first kappa shape index (κ1) is 28.5. The number of thioether (sulfide) groups is 1. The molecular formula is C27H21Br2Cl3N2O2S.